The Morgan fingerprint density at radius 3 is 2.35 bits per heavy atom. The second-order valence-corrected chi connectivity index (χ2v) is 8.68. The summed E-state index contributed by atoms with van der Waals surface area (Å²) in [6.45, 7) is 0. The molecule has 0 radical (unpaired) electrons. The number of amides is 3. The largest absolute Gasteiger partial charge is 0.366 e. The highest BCUT2D eigenvalue weighted by Crippen LogP contribution is 2.37. The third-order valence-electron chi connectivity index (χ3n) is 5.03. The molecule has 0 aliphatic heterocycles. The van der Waals surface area contributed by atoms with E-state index in [0.29, 0.717) is 39.1 Å². The van der Waals surface area contributed by atoms with E-state index in [1.807, 2.05) is 0 Å². The van der Waals surface area contributed by atoms with Gasteiger partial charge >= 0.3 is 0 Å². The SMILES string of the molecule is NC(=O)c1ccc(NC(=O)[C@H]2CCCc3sc(NC(=O)c4ccc(Cl)cc4)nc32)cc1. The van der Waals surface area contributed by atoms with Crippen molar-refractivity contribution in [3.8, 4) is 0 Å². The normalized spacial score (nSPS) is 15.1. The zero-order valence-electron chi connectivity index (χ0n) is 16.4. The first kappa shape index (κ1) is 21.0. The van der Waals surface area contributed by atoms with Gasteiger partial charge in [-0.1, -0.05) is 11.6 Å². The molecule has 4 rings (SSSR count). The molecule has 0 spiro atoms. The Morgan fingerprint density at radius 2 is 1.68 bits per heavy atom. The number of aryl methyl sites for hydroxylation is 1. The summed E-state index contributed by atoms with van der Waals surface area (Å²) in [5.74, 6) is -1.38. The molecule has 158 valence electrons. The molecule has 0 unspecified atom stereocenters. The van der Waals surface area contributed by atoms with Crippen molar-refractivity contribution in [2.75, 3.05) is 10.6 Å². The number of anilines is 2. The fraction of sp³-hybridized carbons (Fsp3) is 0.182. The van der Waals surface area contributed by atoms with Crippen LogP contribution in [0.4, 0.5) is 10.8 Å². The number of hydrogen-bond donors (Lipinski definition) is 3. The molecule has 1 atom stereocenters. The summed E-state index contributed by atoms with van der Waals surface area (Å²) >= 11 is 7.26. The lowest BCUT2D eigenvalue weighted by molar-refractivity contribution is -0.117. The third-order valence-corrected chi connectivity index (χ3v) is 6.33. The van der Waals surface area contributed by atoms with E-state index in [1.165, 1.54) is 11.3 Å². The van der Waals surface area contributed by atoms with Crippen molar-refractivity contribution in [3.63, 3.8) is 0 Å². The van der Waals surface area contributed by atoms with Gasteiger partial charge in [-0.2, -0.15) is 0 Å². The second kappa shape index (κ2) is 8.87. The number of nitrogens with zero attached hydrogens (tertiary/aromatic N) is 1. The molecule has 1 heterocycles. The van der Waals surface area contributed by atoms with Gasteiger partial charge in [-0.15, -0.1) is 11.3 Å². The van der Waals surface area contributed by atoms with Crippen molar-refractivity contribution in [2.45, 2.75) is 25.2 Å². The Kier molecular flexibility index (Phi) is 6.01. The number of thiazole rings is 1. The maximum absolute atomic E-state index is 12.9. The van der Waals surface area contributed by atoms with Crippen molar-refractivity contribution in [1.29, 1.82) is 0 Å². The molecular weight excluding hydrogens is 436 g/mol. The topological polar surface area (TPSA) is 114 Å². The maximum Gasteiger partial charge on any atom is 0.257 e. The monoisotopic (exact) mass is 454 g/mol. The van der Waals surface area contributed by atoms with Crippen LogP contribution in [0.3, 0.4) is 0 Å². The van der Waals surface area contributed by atoms with Crippen LogP contribution >= 0.6 is 22.9 Å². The fourth-order valence-electron chi connectivity index (χ4n) is 3.44. The first-order chi connectivity index (χ1) is 14.9. The van der Waals surface area contributed by atoms with Crippen LogP contribution in [0.5, 0.6) is 0 Å². The van der Waals surface area contributed by atoms with Crippen LogP contribution < -0.4 is 16.4 Å². The maximum atomic E-state index is 12.9. The predicted molar refractivity (Wildman–Crippen MR) is 121 cm³/mol. The van der Waals surface area contributed by atoms with Gasteiger partial charge in [-0.05, 0) is 67.8 Å². The van der Waals surface area contributed by atoms with Crippen molar-refractivity contribution >= 4 is 51.5 Å². The van der Waals surface area contributed by atoms with Gasteiger partial charge in [0.05, 0.1) is 11.6 Å². The molecule has 7 nitrogen and oxygen atoms in total. The van der Waals surface area contributed by atoms with Gasteiger partial charge in [-0.25, -0.2) is 4.98 Å². The van der Waals surface area contributed by atoms with Crippen molar-refractivity contribution in [2.24, 2.45) is 5.73 Å². The number of halogens is 1. The first-order valence-electron chi connectivity index (χ1n) is 9.68. The van der Waals surface area contributed by atoms with Crippen LogP contribution in [-0.2, 0) is 11.2 Å². The summed E-state index contributed by atoms with van der Waals surface area (Å²) in [5, 5.41) is 6.71. The van der Waals surface area contributed by atoms with Crippen LogP contribution in [0, 0.1) is 0 Å². The molecule has 0 bridgehead atoms. The molecule has 2 aromatic carbocycles. The van der Waals surface area contributed by atoms with Crippen LogP contribution in [0.25, 0.3) is 0 Å². The zero-order valence-corrected chi connectivity index (χ0v) is 17.9. The number of nitrogens with one attached hydrogen (secondary N) is 2. The van der Waals surface area contributed by atoms with Crippen LogP contribution in [0.15, 0.2) is 48.5 Å². The van der Waals surface area contributed by atoms with Crippen molar-refractivity contribution in [3.05, 3.63) is 75.3 Å². The Morgan fingerprint density at radius 1 is 1.00 bits per heavy atom. The molecule has 0 saturated heterocycles. The second-order valence-electron chi connectivity index (χ2n) is 7.16. The van der Waals surface area contributed by atoms with E-state index in [4.69, 9.17) is 17.3 Å². The minimum absolute atomic E-state index is 0.173. The summed E-state index contributed by atoms with van der Waals surface area (Å²) in [5.41, 5.74) is 7.38. The first-order valence-corrected chi connectivity index (χ1v) is 10.9. The third kappa shape index (κ3) is 4.76. The molecule has 0 fully saturated rings. The highest BCUT2D eigenvalue weighted by atomic mass is 35.5. The number of hydrogen-bond acceptors (Lipinski definition) is 5. The standard InChI is InChI=1S/C22H19ClN4O3S/c23-14-8-4-13(5-9-14)20(29)27-22-26-18-16(2-1-3-17(18)31-22)21(30)25-15-10-6-12(7-11-15)19(24)28/h4-11,16H,1-3H2,(H2,24,28)(H,25,30)(H,26,27,29)/t16-/m0/s1. The molecule has 9 heteroatoms. The summed E-state index contributed by atoms with van der Waals surface area (Å²) in [6, 6.07) is 13.0. The van der Waals surface area contributed by atoms with E-state index in [2.05, 4.69) is 15.6 Å². The van der Waals surface area contributed by atoms with Gasteiger partial charge in [-0.3, -0.25) is 19.7 Å². The molecule has 3 aromatic rings. The predicted octanol–water partition coefficient (Wildman–Crippen LogP) is 4.21. The van der Waals surface area contributed by atoms with E-state index in [0.717, 1.165) is 17.7 Å². The molecular formula is C22H19ClN4O3S. The van der Waals surface area contributed by atoms with Crippen LogP contribution in [0.2, 0.25) is 5.02 Å². The van der Waals surface area contributed by atoms with E-state index in [-0.39, 0.29) is 11.8 Å². The molecule has 3 amide bonds. The van der Waals surface area contributed by atoms with Gasteiger partial charge in [0.25, 0.3) is 5.91 Å². The molecule has 31 heavy (non-hydrogen) atoms. The number of carbonyl (C=O) groups excluding carboxylic acids is 3. The van der Waals surface area contributed by atoms with Gasteiger partial charge in [0, 0.05) is 26.7 Å². The zero-order chi connectivity index (χ0) is 22.0. The molecule has 1 aromatic heterocycles. The van der Waals surface area contributed by atoms with Crippen LogP contribution in [0.1, 0.15) is 50.0 Å². The summed E-state index contributed by atoms with van der Waals surface area (Å²) in [4.78, 5) is 42.1. The summed E-state index contributed by atoms with van der Waals surface area (Å²) < 4.78 is 0. The van der Waals surface area contributed by atoms with Crippen molar-refractivity contribution in [1.82, 2.24) is 4.98 Å². The Balaban J connectivity index is 1.48. The average molecular weight is 455 g/mol. The van der Waals surface area contributed by atoms with Gasteiger partial charge < -0.3 is 11.1 Å². The summed E-state index contributed by atoms with van der Waals surface area (Å²) in [7, 11) is 0. The number of benzene rings is 2. The minimum atomic E-state index is -0.523. The van der Waals surface area contributed by atoms with Crippen molar-refractivity contribution < 1.29 is 14.4 Å². The minimum Gasteiger partial charge on any atom is -0.366 e. The Bertz CT molecular complexity index is 1140. The van der Waals surface area contributed by atoms with Gasteiger partial charge in [0.1, 0.15) is 0 Å². The fourth-order valence-corrected chi connectivity index (χ4v) is 4.63. The number of primary amides is 1. The number of aromatic nitrogens is 1. The molecule has 1 aliphatic carbocycles. The molecule has 4 N–H and O–H groups in total. The Hall–Kier alpha value is -3.23. The lowest BCUT2D eigenvalue weighted by atomic mass is 9.90. The number of carbonyl (C=O) groups is 3. The van der Waals surface area contributed by atoms with Gasteiger partial charge in [0.2, 0.25) is 11.8 Å². The molecule has 0 saturated carbocycles. The highest BCUT2D eigenvalue weighted by molar-refractivity contribution is 7.16. The quantitative estimate of drug-likeness (QED) is 0.535. The molecule has 1 aliphatic rings. The summed E-state index contributed by atoms with van der Waals surface area (Å²) in [6.07, 6.45) is 2.35. The number of nitrogens with two attached hydrogens (primary N) is 1. The Labute approximate surface area is 187 Å². The van der Waals surface area contributed by atoms with E-state index >= 15 is 0 Å². The number of fused-ring (bicyclic) bond motifs is 1. The smallest absolute Gasteiger partial charge is 0.257 e. The lowest BCUT2D eigenvalue weighted by Gasteiger charge is -2.20. The number of rotatable bonds is 5. The van der Waals surface area contributed by atoms with E-state index < -0.39 is 11.8 Å². The van der Waals surface area contributed by atoms with Gasteiger partial charge in [0.15, 0.2) is 5.13 Å². The highest BCUT2D eigenvalue weighted by Gasteiger charge is 2.30. The lowest BCUT2D eigenvalue weighted by Crippen LogP contribution is -2.24. The average Bonchev–Trinajstić information content (AvgIpc) is 3.16. The van der Waals surface area contributed by atoms with E-state index in [9.17, 15) is 14.4 Å². The van der Waals surface area contributed by atoms with E-state index in [1.54, 1.807) is 48.5 Å². The van der Waals surface area contributed by atoms with Crippen LogP contribution in [-0.4, -0.2) is 22.7 Å².